The summed E-state index contributed by atoms with van der Waals surface area (Å²) >= 11 is 0. The van der Waals surface area contributed by atoms with Crippen LogP contribution in [0.2, 0.25) is 0 Å². The molecule has 20 heavy (non-hydrogen) atoms. The Kier molecular flexibility index (Phi) is 3.01. The Morgan fingerprint density at radius 2 is 2.10 bits per heavy atom. The molecule has 0 aliphatic heterocycles. The highest BCUT2D eigenvalue weighted by molar-refractivity contribution is 5.62. The molecular weight excluding hydrogens is 252 g/mol. The Hall–Kier alpha value is -2.94. The van der Waals surface area contributed by atoms with E-state index in [1.54, 1.807) is 12.5 Å². The van der Waals surface area contributed by atoms with Gasteiger partial charge in [-0.15, -0.1) is 10.2 Å². The molecule has 2 heterocycles. The van der Waals surface area contributed by atoms with Crippen molar-refractivity contribution in [1.82, 2.24) is 19.6 Å². The summed E-state index contributed by atoms with van der Waals surface area (Å²) < 4.78 is 1.83. The van der Waals surface area contributed by atoms with E-state index in [0.717, 1.165) is 17.0 Å². The lowest BCUT2D eigenvalue weighted by Crippen LogP contribution is -2.18. The zero-order chi connectivity index (χ0) is 13.9. The maximum Gasteiger partial charge on any atom is 0.203 e. The van der Waals surface area contributed by atoms with E-state index >= 15 is 0 Å². The van der Waals surface area contributed by atoms with E-state index in [2.05, 4.69) is 21.3 Å². The summed E-state index contributed by atoms with van der Waals surface area (Å²) in [6.07, 6.45) is 5.19. The molecule has 1 aromatic carbocycles. The lowest BCUT2D eigenvalue weighted by molar-refractivity contribution is 0.891. The Bertz CT molecular complexity index is 768. The molecule has 0 bridgehead atoms. The van der Waals surface area contributed by atoms with Crippen LogP contribution in [0.4, 0.5) is 5.82 Å². The van der Waals surface area contributed by atoms with Crippen molar-refractivity contribution in [1.29, 1.82) is 5.26 Å². The summed E-state index contributed by atoms with van der Waals surface area (Å²) in [6, 6.07) is 9.63. The third-order valence-corrected chi connectivity index (χ3v) is 3.06. The lowest BCUT2D eigenvalue weighted by Gasteiger charge is -2.18. The van der Waals surface area contributed by atoms with E-state index in [-0.39, 0.29) is 0 Å². The average molecular weight is 264 g/mol. The molecule has 0 spiro atoms. The molecule has 0 aliphatic carbocycles. The molecule has 0 saturated heterocycles. The molecular formula is C14H12N6. The van der Waals surface area contributed by atoms with Gasteiger partial charge in [0.25, 0.3) is 0 Å². The minimum absolute atomic E-state index is 0.661. The third-order valence-electron chi connectivity index (χ3n) is 3.06. The van der Waals surface area contributed by atoms with Crippen molar-refractivity contribution >= 4 is 11.5 Å². The van der Waals surface area contributed by atoms with Gasteiger partial charge >= 0.3 is 0 Å². The predicted molar refractivity (Wildman–Crippen MR) is 74.0 cm³/mol. The van der Waals surface area contributed by atoms with Crippen molar-refractivity contribution in [2.24, 2.45) is 0 Å². The SMILES string of the molecule is CN(Cc1ccc(C#N)cc1)c1nccn2cnnc12. The van der Waals surface area contributed by atoms with Crippen LogP contribution in [0.25, 0.3) is 5.65 Å². The monoisotopic (exact) mass is 264 g/mol. The average Bonchev–Trinajstić information content (AvgIpc) is 2.96. The number of benzene rings is 1. The fourth-order valence-corrected chi connectivity index (χ4v) is 2.05. The van der Waals surface area contributed by atoms with Gasteiger partial charge in [-0.05, 0) is 17.7 Å². The van der Waals surface area contributed by atoms with E-state index in [1.807, 2.05) is 46.8 Å². The van der Waals surface area contributed by atoms with Gasteiger partial charge in [-0.2, -0.15) is 5.26 Å². The van der Waals surface area contributed by atoms with E-state index in [0.29, 0.717) is 12.1 Å². The molecule has 98 valence electrons. The van der Waals surface area contributed by atoms with Gasteiger partial charge in [-0.3, -0.25) is 4.40 Å². The fraction of sp³-hybridized carbons (Fsp3) is 0.143. The molecule has 0 saturated carbocycles. The zero-order valence-electron chi connectivity index (χ0n) is 10.9. The molecule has 0 aliphatic rings. The van der Waals surface area contributed by atoms with Crippen LogP contribution in [0.5, 0.6) is 0 Å². The second-order valence-corrected chi connectivity index (χ2v) is 4.48. The molecule has 3 rings (SSSR count). The van der Waals surface area contributed by atoms with Gasteiger partial charge in [-0.25, -0.2) is 4.98 Å². The summed E-state index contributed by atoms with van der Waals surface area (Å²) in [7, 11) is 1.95. The Morgan fingerprint density at radius 3 is 2.85 bits per heavy atom. The number of anilines is 1. The number of nitriles is 1. The van der Waals surface area contributed by atoms with E-state index in [9.17, 15) is 0 Å². The van der Waals surface area contributed by atoms with Gasteiger partial charge < -0.3 is 4.90 Å². The molecule has 2 aromatic heterocycles. The number of fused-ring (bicyclic) bond motifs is 1. The summed E-state index contributed by atoms with van der Waals surface area (Å²) in [5, 5.41) is 16.8. The van der Waals surface area contributed by atoms with E-state index < -0.39 is 0 Å². The molecule has 0 radical (unpaired) electrons. The molecule has 0 fully saturated rings. The van der Waals surface area contributed by atoms with Crippen molar-refractivity contribution in [3.8, 4) is 6.07 Å². The standard InChI is InChI=1S/C14H12N6/c1-19(9-12-4-2-11(8-15)3-5-12)13-14-18-17-10-20(14)7-6-16-13/h2-7,10H,9H2,1H3. The summed E-state index contributed by atoms with van der Waals surface area (Å²) in [5.74, 6) is 0.773. The maximum atomic E-state index is 8.79. The Morgan fingerprint density at radius 1 is 1.30 bits per heavy atom. The predicted octanol–water partition coefficient (Wildman–Crippen LogP) is 1.63. The van der Waals surface area contributed by atoms with Crippen molar-refractivity contribution in [2.45, 2.75) is 6.54 Å². The highest BCUT2D eigenvalue weighted by Gasteiger charge is 2.10. The van der Waals surface area contributed by atoms with Gasteiger partial charge in [0, 0.05) is 26.0 Å². The largest absolute Gasteiger partial charge is 0.352 e. The first-order chi connectivity index (χ1) is 9.78. The summed E-state index contributed by atoms with van der Waals surface area (Å²) in [6.45, 7) is 0.686. The van der Waals surface area contributed by atoms with Crippen molar-refractivity contribution in [3.63, 3.8) is 0 Å². The molecule has 0 unspecified atom stereocenters. The number of hydrogen-bond donors (Lipinski definition) is 0. The van der Waals surface area contributed by atoms with Gasteiger partial charge in [0.15, 0.2) is 5.82 Å². The van der Waals surface area contributed by atoms with Crippen LogP contribution >= 0.6 is 0 Å². The molecule has 0 atom stereocenters. The van der Waals surface area contributed by atoms with Crippen LogP contribution in [-0.2, 0) is 6.54 Å². The van der Waals surface area contributed by atoms with Crippen LogP contribution in [0, 0.1) is 11.3 Å². The highest BCUT2D eigenvalue weighted by atomic mass is 15.3. The molecule has 6 heteroatoms. The van der Waals surface area contributed by atoms with Crippen LogP contribution < -0.4 is 4.90 Å². The molecule has 0 N–H and O–H groups in total. The minimum Gasteiger partial charge on any atom is -0.352 e. The lowest BCUT2D eigenvalue weighted by atomic mass is 10.1. The highest BCUT2D eigenvalue weighted by Crippen LogP contribution is 2.17. The minimum atomic E-state index is 0.661. The number of hydrogen-bond acceptors (Lipinski definition) is 5. The third kappa shape index (κ3) is 2.17. The van der Waals surface area contributed by atoms with Crippen LogP contribution in [0.15, 0.2) is 43.0 Å². The second-order valence-electron chi connectivity index (χ2n) is 4.48. The normalized spacial score (nSPS) is 10.4. The van der Waals surface area contributed by atoms with E-state index in [1.165, 1.54) is 0 Å². The topological polar surface area (TPSA) is 70.1 Å². The van der Waals surface area contributed by atoms with Crippen molar-refractivity contribution in [3.05, 3.63) is 54.1 Å². The van der Waals surface area contributed by atoms with Crippen molar-refractivity contribution in [2.75, 3.05) is 11.9 Å². The quantitative estimate of drug-likeness (QED) is 0.719. The summed E-state index contributed by atoms with van der Waals surface area (Å²) in [5.41, 5.74) is 2.49. The Balaban J connectivity index is 1.87. The first-order valence-corrected chi connectivity index (χ1v) is 6.12. The Labute approximate surface area is 115 Å². The first kappa shape index (κ1) is 12.1. The summed E-state index contributed by atoms with van der Waals surface area (Å²) in [4.78, 5) is 6.36. The van der Waals surface area contributed by atoms with E-state index in [4.69, 9.17) is 5.26 Å². The number of aromatic nitrogens is 4. The van der Waals surface area contributed by atoms with Crippen LogP contribution in [-0.4, -0.2) is 26.6 Å². The first-order valence-electron chi connectivity index (χ1n) is 6.12. The molecule has 6 nitrogen and oxygen atoms in total. The maximum absolute atomic E-state index is 8.79. The molecule has 0 amide bonds. The van der Waals surface area contributed by atoms with Gasteiger partial charge in [-0.1, -0.05) is 12.1 Å². The second kappa shape index (κ2) is 4.97. The fourth-order valence-electron chi connectivity index (χ4n) is 2.05. The van der Waals surface area contributed by atoms with Gasteiger partial charge in [0.1, 0.15) is 6.33 Å². The van der Waals surface area contributed by atoms with Crippen LogP contribution in [0.1, 0.15) is 11.1 Å². The van der Waals surface area contributed by atoms with Gasteiger partial charge in [0.2, 0.25) is 5.65 Å². The zero-order valence-corrected chi connectivity index (χ0v) is 10.9. The number of rotatable bonds is 3. The van der Waals surface area contributed by atoms with Gasteiger partial charge in [0.05, 0.1) is 11.6 Å². The van der Waals surface area contributed by atoms with Crippen molar-refractivity contribution < 1.29 is 0 Å². The number of nitrogens with zero attached hydrogens (tertiary/aromatic N) is 6. The smallest absolute Gasteiger partial charge is 0.203 e. The molecule has 3 aromatic rings. The van der Waals surface area contributed by atoms with Crippen LogP contribution in [0.3, 0.4) is 0 Å².